The topological polar surface area (TPSA) is 64.9 Å². The summed E-state index contributed by atoms with van der Waals surface area (Å²) in [4.78, 5) is 11.1. The van der Waals surface area contributed by atoms with Crippen molar-refractivity contribution in [1.82, 2.24) is 5.32 Å². The predicted octanol–water partition coefficient (Wildman–Crippen LogP) is 2.12. The molecule has 0 saturated carbocycles. The Labute approximate surface area is 90.6 Å². The summed E-state index contributed by atoms with van der Waals surface area (Å²) in [5.74, 6) is -0.556. The lowest BCUT2D eigenvalue weighted by atomic mass is 10.3. The van der Waals surface area contributed by atoms with Gasteiger partial charge in [0.15, 0.2) is 0 Å². The van der Waals surface area contributed by atoms with E-state index >= 15 is 0 Å². The Hall–Kier alpha value is -1.80. The molecule has 0 bridgehead atoms. The number of rotatable bonds is 2. The van der Waals surface area contributed by atoms with E-state index in [-0.39, 0.29) is 11.6 Å². The van der Waals surface area contributed by atoms with Crippen molar-refractivity contribution in [3.8, 4) is 6.07 Å². The van der Waals surface area contributed by atoms with Crippen LogP contribution in [0.4, 0.5) is 14.9 Å². The average Bonchev–Trinajstić information content (AvgIpc) is 2.20. The Morgan fingerprint density at radius 2 is 2.33 bits per heavy atom. The third-order valence-electron chi connectivity index (χ3n) is 1.51. The molecule has 1 aromatic rings. The van der Waals surface area contributed by atoms with Crippen LogP contribution in [0.2, 0.25) is 5.02 Å². The molecule has 0 aliphatic heterocycles. The number of halogens is 2. The van der Waals surface area contributed by atoms with Crippen LogP contribution in [-0.4, -0.2) is 12.6 Å². The van der Waals surface area contributed by atoms with Crippen LogP contribution < -0.4 is 10.6 Å². The number of benzene rings is 1. The molecule has 78 valence electrons. The molecule has 0 spiro atoms. The second-order valence-corrected chi connectivity index (χ2v) is 3.00. The second-order valence-electron chi connectivity index (χ2n) is 2.59. The predicted molar refractivity (Wildman–Crippen MR) is 54.0 cm³/mol. The molecule has 1 aromatic carbocycles. The summed E-state index contributed by atoms with van der Waals surface area (Å²) in [7, 11) is 0. The fraction of sp³-hybridized carbons (Fsp3) is 0.111. The van der Waals surface area contributed by atoms with E-state index in [1.807, 2.05) is 0 Å². The zero-order chi connectivity index (χ0) is 11.3. The summed E-state index contributed by atoms with van der Waals surface area (Å²) in [6, 6.07) is 4.99. The van der Waals surface area contributed by atoms with Crippen molar-refractivity contribution in [2.45, 2.75) is 0 Å². The molecule has 0 atom stereocenters. The van der Waals surface area contributed by atoms with Gasteiger partial charge in [-0.3, -0.25) is 0 Å². The highest BCUT2D eigenvalue weighted by Crippen LogP contribution is 2.18. The Kier molecular flexibility index (Phi) is 3.89. The van der Waals surface area contributed by atoms with Crippen molar-refractivity contribution in [1.29, 1.82) is 5.26 Å². The van der Waals surface area contributed by atoms with Crippen LogP contribution in [-0.2, 0) is 0 Å². The minimum Gasteiger partial charge on any atom is -0.325 e. The SMILES string of the molecule is N#CCNC(=O)Nc1ccc(F)c(Cl)c1. The molecule has 0 radical (unpaired) electrons. The fourth-order valence-electron chi connectivity index (χ4n) is 0.869. The normalized spacial score (nSPS) is 9.13. The van der Waals surface area contributed by atoms with E-state index in [2.05, 4.69) is 10.6 Å². The Balaban J connectivity index is 2.62. The molecule has 1 rings (SSSR count). The summed E-state index contributed by atoms with van der Waals surface area (Å²) >= 11 is 5.50. The largest absolute Gasteiger partial charge is 0.325 e. The van der Waals surface area contributed by atoms with Gasteiger partial charge in [0, 0.05) is 5.69 Å². The number of carbonyl (C=O) groups is 1. The molecule has 0 aromatic heterocycles. The Bertz CT molecular complexity index is 416. The molecule has 2 N–H and O–H groups in total. The first-order valence-corrected chi connectivity index (χ1v) is 4.38. The lowest BCUT2D eigenvalue weighted by Gasteiger charge is -2.05. The van der Waals surface area contributed by atoms with Gasteiger partial charge in [-0.15, -0.1) is 0 Å². The minimum absolute atomic E-state index is 0.0758. The lowest BCUT2D eigenvalue weighted by Crippen LogP contribution is -2.28. The maximum atomic E-state index is 12.7. The van der Waals surface area contributed by atoms with Gasteiger partial charge in [0.1, 0.15) is 12.4 Å². The Morgan fingerprint density at radius 3 is 2.93 bits per heavy atom. The van der Waals surface area contributed by atoms with Crippen molar-refractivity contribution in [2.75, 3.05) is 11.9 Å². The van der Waals surface area contributed by atoms with E-state index in [4.69, 9.17) is 16.9 Å². The number of nitrogens with zero attached hydrogens (tertiary/aromatic N) is 1. The number of amides is 2. The number of nitrogens with one attached hydrogen (secondary N) is 2. The number of anilines is 1. The molecule has 0 aliphatic rings. The maximum absolute atomic E-state index is 12.7. The molecule has 0 heterocycles. The van der Waals surface area contributed by atoms with Crippen LogP contribution in [0.5, 0.6) is 0 Å². The van der Waals surface area contributed by atoms with Gasteiger partial charge in [-0.2, -0.15) is 5.26 Å². The van der Waals surface area contributed by atoms with Crippen LogP contribution in [0.3, 0.4) is 0 Å². The van der Waals surface area contributed by atoms with E-state index in [1.165, 1.54) is 12.1 Å². The highest BCUT2D eigenvalue weighted by molar-refractivity contribution is 6.31. The summed E-state index contributed by atoms with van der Waals surface area (Å²) in [5.41, 5.74) is 0.358. The first kappa shape index (κ1) is 11.3. The van der Waals surface area contributed by atoms with Gasteiger partial charge in [0.25, 0.3) is 0 Å². The monoisotopic (exact) mass is 227 g/mol. The molecular weight excluding hydrogens is 221 g/mol. The second kappa shape index (κ2) is 5.17. The fourth-order valence-corrected chi connectivity index (χ4v) is 1.05. The minimum atomic E-state index is -0.556. The smallest absolute Gasteiger partial charge is 0.320 e. The number of urea groups is 1. The average molecular weight is 228 g/mol. The Morgan fingerprint density at radius 1 is 1.60 bits per heavy atom. The van der Waals surface area contributed by atoms with Crippen molar-refractivity contribution in [3.05, 3.63) is 29.0 Å². The molecular formula is C9H7ClFN3O. The number of hydrogen-bond acceptors (Lipinski definition) is 2. The van der Waals surface area contributed by atoms with Gasteiger partial charge >= 0.3 is 6.03 Å². The van der Waals surface area contributed by atoms with Gasteiger partial charge in [-0.25, -0.2) is 9.18 Å². The third-order valence-corrected chi connectivity index (χ3v) is 1.80. The van der Waals surface area contributed by atoms with Gasteiger partial charge < -0.3 is 10.6 Å². The lowest BCUT2D eigenvalue weighted by molar-refractivity contribution is 0.253. The first-order valence-electron chi connectivity index (χ1n) is 4.00. The molecule has 6 heteroatoms. The summed E-state index contributed by atoms with van der Waals surface area (Å²) in [6.45, 7) is -0.0965. The third kappa shape index (κ3) is 3.44. The first-order chi connectivity index (χ1) is 7.13. The van der Waals surface area contributed by atoms with Crippen molar-refractivity contribution < 1.29 is 9.18 Å². The van der Waals surface area contributed by atoms with Crippen molar-refractivity contribution in [2.24, 2.45) is 0 Å². The molecule has 0 fully saturated rings. The van der Waals surface area contributed by atoms with Crippen molar-refractivity contribution in [3.63, 3.8) is 0 Å². The highest BCUT2D eigenvalue weighted by Gasteiger charge is 2.03. The summed E-state index contributed by atoms with van der Waals surface area (Å²) < 4.78 is 12.7. The van der Waals surface area contributed by atoms with Gasteiger partial charge in [-0.1, -0.05) is 11.6 Å². The standard InChI is InChI=1S/C9H7ClFN3O/c10-7-5-6(1-2-8(7)11)14-9(15)13-4-3-12/h1-2,5H,4H2,(H2,13,14,15). The zero-order valence-corrected chi connectivity index (χ0v) is 8.31. The number of nitriles is 1. The van der Waals surface area contributed by atoms with Crippen LogP contribution >= 0.6 is 11.6 Å². The van der Waals surface area contributed by atoms with E-state index < -0.39 is 11.8 Å². The van der Waals surface area contributed by atoms with Gasteiger partial charge in [0.05, 0.1) is 11.1 Å². The number of hydrogen-bond donors (Lipinski definition) is 2. The van der Waals surface area contributed by atoms with E-state index in [9.17, 15) is 9.18 Å². The molecule has 4 nitrogen and oxygen atoms in total. The van der Waals surface area contributed by atoms with E-state index in [0.717, 1.165) is 6.07 Å². The summed E-state index contributed by atoms with van der Waals surface area (Å²) in [5, 5.41) is 12.8. The highest BCUT2D eigenvalue weighted by atomic mass is 35.5. The van der Waals surface area contributed by atoms with Gasteiger partial charge in [-0.05, 0) is 18.2 Å². The molecule has 0 saturated heterocycles. The molecule has 0 aliphatic carbocycles. The molecule has 15 heavy (non-hydrogen) atoms. The number of carbonyl (C=O) groups excluding carboxylic acids is 1. The molecule has 2 amide bonds. The van der Waals surface area contributed by atoms with Crippen LogP contribution in [0, 0.1) is 17.1 Å². The van der Waals surface area contributed by atoms with Crippen molar-refractivity contribution >= 4 is 23.3 Å². The van der Waals surface area contributed by atoms with Crippen LogP contribution in [0.15, 0.2) is 18.2 Å². The maximum Gasteiger partial charge on any atom is 0.320 e. The van der Waals surface area contributed by atoms with Crippen LogP contribution in [0.1, 0.15) is 0 Å². The summed E-state index contributed by atoms with van der Waals surface area (Å²) in [6.07, 6.45) is 0. The van der Waals surface area contributed by atoms with Gasteiger partial charge in [0.2, 0.25) is 0 Å². The van der Waals surface area contributed by atoms with Crippen LogP contribution in [0.25, 0.3) is 0 Å². The quantitative estimate of drug-likeness (QED) is 0.760. The van der Waals surface area contributed by atoms with E-state index in [1.54, 1.807) is 6.07 Å². The van der Waals surface area contributed by atoms with E-state index in [0.29, 0.717) is 5.69 Å². The zero-order valence-electron chi connectivity index (χ0n) is 7.55. The molecule has 0 unspecified atom stereocenters.